The topological polar surface area (TPSA) is 43.4 Å². The number of hydrogen-bond acceptors (Lipinski definition) is 3. The summed E-state index contributed by atoms with van der Waals surface area (Å²) in [5.74, 6) is 3.17. The van der Waals surface area contributed by atoms with E-state index in [1.807, 2.05) is 6.08 Å². The van der Waals surface area contributed by atoms with E-state index in [-0.39, 0.29) is 33.6 Å². The van der Waals surface area contributed by atoms with Gasteiger partial charge in [0.25, 0.3) is 0 Å². The van der Waals surface area contributed by atoms with Crippen molar-refractivity contribution in [2.45, 2.75) is 58.0 Å². The van der Waals surface area contributed by atoms with E-state index in [1.54, 1.807) is 6.08 Å². The Morgan fingerprint density at radius 2 is 1.89 bits per heavy atom. The Balaban J connectivity index is 1.39. The molecule has 5 fully saturated rings. The van der Waals surface area contributed by atoms with Gasteiger partial charge in [0.1, 0.15) is 5.60 Å². The van der Waals surface area contributed by atoms with Gasteiger partial charge in [-0.1, -0.05) is 32.1 Å². The van der Waals surface area contributed by atoms with E-state index >= 15 is 0 Å². The van der Waals surface area contributed by atoms with Gasteiger partial charge in [0.15, 0.2) is 5.78 Å². The second-order valence-corrected chi connectivity index (χ2v) is 11.3. The summed E-state index contributed by atoms with van der Waals surface area (Å²) < 4.78 is 6.17. The predicted octanol–water partition coefficient (Wildman–Crippen LogP) is 4.39. The van der Waals surface area contributed by atoms with E-state index in [1.165, 1.54) is 31.3 Å². The molecule has 7 rings (SSSR count). The highest BCUT2D eigenvalue weighted by Gasteiger charge is 2.79. The average Bonchev–Trinajstić information content (AvgIpc) is 3.55. The Hall–Kier alpha value is -1.64. The Labute approximate surface area is 166 Å². The highest BCUT2D eigenvalue weighted by Crippen LogP contribution is 2.80. The molecule has 0 bridgehead atoms. The molecule has 1 aliphatic heterocycles. The lowest BCUT2D eigenvalue weighted by molar-refractivity contribution is -0.162. The van der Waals surface area contributed by atoms with Crippen LogP contribution in [0.2, 0.25) is 0 Å². The van der Waals surface area contributed by atoms with Crippen LogP contribution in [0, 0.1) is 45.8 Å². The van der Waals surface area contributed by atoms with Gasteiger partial charge in [-0.3, -0.25) is 9.59 Å². The fraction of sp³-hybridized carbons (Fsp3) is 0.680. The molecule has 2 spiro atoms. The zero-order valence-electron chi connectivity index (χ0n) is 16.7. The summed E-state index contributed by atoms with van der Waals surface area (Å²) >= 11 is 0. The van der Waals surface area contributed by atoms with Crippen LogP contribution in [0.15, 0.2) is 36.0 Å². The molecule has 3 nitrogen and oxygen atoms in total. The number of hydrogen-bond donors (Lipinski definition) is 0. The van der Waals surface area contributed by atoms with Crippen LogP contribution in [-0.2, 0) is 14.3 Å². The van der Waals surface area contributed by atoms with Crippen LogP contribution in [0.4, 0.5) is 0 Å². The smallest absolute Gasteiger partial charge is 0.306 e. The average molecular weight is 376 g/mol. The lowest BCUT2D eigenvalue weighted by Crippen LogP contribution is -2.55. The molecule has 146 valence electrons. The molecule has 8 atom stereocenters. The van der Waals surface area contributed by atoms with Crippen molar-refractivity contribution in [1.29, 1.82) is 0 Å². The number of fused-ring (bicyclic) bond motifs is 10. The van der Waals surface area contributed by atoms with Gasteiger partial charge in [0.2, 0.25) is 0 Å². The largest absolute Gasteiger partial charge is 0.458 e. The van der Waals surface area contributed by atoms with E-state index in [4.69, 9.17) is 4.74 Å². The molecule has 1 heterocycles. The highest BCUT2D eigenvalue weighted by atomic mass is 16.6. The maximum Gasteiger partial charge on any atom is 0.306 e. The van der Waals surface area contributed by atoms with Gasteiger partial charge >= 0.3 is 5.97 Å². The molecule has 6 aliphatic carbocycles. The normalized spacial score (nSPS) is 56.1. The van der Waals surface area contributed by atoms with Gasteiger partial charge in [0.05, 0.1) is 0 Å². The van der Waals surface area contributed by atoms with Crippen LogP contribution in [0.25, 0.3) is 0 Å². The first-order valence-electron chi connectivity index (χ1n) is 11.2. The van der Waals surface area contributed by atoms with Crippen molar-refractivity contribution in [3.05, 3.63) is 36.0 Å². The summed E-state index contributed by atoms with van der Waals surface area (Å²) in [4.78, 5) is 24.4. The first kappa shape index (κ1) is 16.2. The molecule has 0 radical (unpaired) electrons. The Bertz CT molecular complexity index is 935. The summed E-state index contributed by atoms with van der Waals surface area (Å²) in [6.45, 7) is 4.76. The van der Waals surface area contributed by atoms with Gasteiger partial charge in [-0.15, -0.1) is 0 Å². The van der Waals surface area contributed by atoms with Crippen molar-refractivity contribution in [3.63, 3.8) is 0 Å². The van der Waals surface area contributed by atoms with Crippen molar-refractivity contribution in [3.8, 4) is 0 Å². The predicted molar refractivity (Wildman–Crippen MR) is 104 cm³/mol. The molecule has 1 saturated heterocycles. The number of allylic oxidation sites excluding steroid dienone is 5. The van der Waals surface area contributed by atoms with Gasteiger partial charge in [0, 0.05) is 23.2 Å². The summed E-state index contributed by atoms with van der Waals surface area (Å²) in [5.41, 5.74) is 1.38. The van der Waals surface area contributed by atoms with Gasteiger partial charge in [-0.2, -0.15) is 0 Å². The quantitative estimate of drug-likeness (QED) is 0.465. The van der Waals surface area contributed by atoms with Crippen LogP contribution >= 0.6 is 0 Å². The van der Waals surface area contributed by atoms with Crippen LogP contribution in [0.1, 0.15) is 52.4 Å². The molecule has 0 aromatic carbocycles. The van der Waals surface area contributed by atoms with E-state index < -0.39 is 0 Å². The van der Waals surface area contributed by atoms with Crippen molar-refractivity contribution < 1.29 is 14.3 Å². The summed E-state index contributed by atoms with van der Waals surface area (Å²) in [7, 11) is 0. The number of ketones is 1. The minimum Gasteiger partial charge on any atom is -0.458 e. The second-order valence-electron chi connectivity index (χ2n) is 11.3. The first-order valence-corrected chi connectivity index (χ1v) is 11.2. The SMILES string of the molecule is C[C@]12C=CC(=O)C=C1C1(CC1)CC1C2C=C[C@@]2(C)C1C1CC1[C@@]21CCC(=O)O1. The van der Waals surface area contributed by atoms with Crippen molar-refractivity contribution in [2.75, 3.05) is 0 Å². The van der Waals surface area contributed by atoms with Crippen molar-refractivity contribution in [2.24, 2.45) is 45.8 Å². The van der Waals surface area contributed by atoms with E-state index in [0.717, 1.165) is 6.42 Å². The molecule has 5 unspecified atom stereocenters. The second kappa shape index (κ2) is 4.42. The molecular weight excluding hydrogens is 348 g/mol. The fourth-order valence-corrected chi connectivity index (χ4v) is 8.98. The molecular formula is C25H28O3. The molecule has 4 saturated carbocycles. The van der Waals surface area contributed by atoms with Crippen LogP contribution < -0.4 is 0 Å². The molecule has 3 heteroatoms. The third-order valence-corrected chi connectivity index (χ3v) is 10.3. The van der Waals surface area contributed by atoms with Crippen LogP contribution in [-0.4, -0.2) is 17.4 Å². The fourth-order valence-electron chi connectivity index (χ4n) is 8.98. The van der Waals surface area contributed by atoms with Gasteiger partial charge in [-0.05, 0) is 78.9 Å². The number of ether oxygens (including phenoxy) is 1. The standard InChI is InChI=1S/C25H28O3/c1-22-6-3-14(26)11-19(22)24(9-10-24)13-16-17(22)4-7-23(2)21(16)15-12-18(15)25(23)8-5-20(27)28-25/h3-4,6-7,11,15-18,21H,5,8-10,12-13H2,1-2H3/t15?,16?,17?,18?,21?,22-,23+,25+/m1/s1. The third kappa shape index (κ3) is 1.56. The summed E-state index contributed by atoms with van der Waals surface area (Å²) in [6, 6.07) is 0. The zero-order chi connectivity index (χ0) is 19.1. The monoisotopic (exact) mass is 376 g/mol. The summed E-state index contributed by atoms with van der Waals surface area (Å²) in [5, 5.41) is 0. The van der Waals surface area contributed by atoms with E-state index in [9.17, 15) is 9.59 Å². The number of rotatable bonds is 0. The van der Waals surface area contributed by atoms with Crippen molar-refractivity contribution in [1.82, 2.24) is 0 Å². The maximum absolute atomic E-state index is 12.2. The van der Waals surface area contributed by atoms with Crippen LogP contribution in [0.5, 0.6) is 0 Å². The van der Waals surface area contributed by atoms with Crippen molar-refractivity contribution >= 4 is 11.8 Å². The Morgan fingerprint density at radius 1 is 1.07 bits per heavy atom. The third-order valence-electron chi connectivity index (χ3n) is 10.3. The van der Waals surface area contributed by atoms with Gasteiger partial charge in [-0.25, -0.2) is 0 Å². The Morgan fingerprint density at radius 3 is 2.61 bits per heavy atom. The van der Waals surface area contributed by atoms with E-state index in [2.05, 4.69) is 32.1 Å². The molecule has 0 aromatic rings. The first-order chi connectivity index (χ1) is 13.3. The number of esters is 1. The van der Waals surface area contributed by atoms with Crippen LogP contribution in [0.3, 0.4) is 0 Å². The summed E-state index contributed by atoms with van der Waals surface area (Å²) in [6.07, 6.45) is 17.3. The minimum atomic E-state index is -0.243. The number of carbonyl (C=O) groups excluding carboxylic acids is 2. The highest BCUT2D eigenvalue weighted by molar-refractivity contribution is 6.01. The molecule has 0 amide bonds. The zero-order valence-corrected chi connectivity index (χ0v) is 16.7. The Kier molecular flexibility index (Phi) is 2.55. The molecule has 7 aliphatic rings. The number of carbonyl (C=O) groups is 2. The van der Waals surface area contributed by atoms with E-state index in [0.29, 0.717) is 36.0 Å². The minimum absolute atomic E-state index is 0.0104. The maximum atomic E-state index is 12.2. The molecule has 28 heavy (non-hydrogen) atoms. The van der Waals surface area contributed by atoms with Gasteiger partial charge < -0.3 is 4.74 Å². The molecule has 0 N–H and O–H groups in total. The lowest BCUT2D eigenvalue weighted by Gasteiger charge is -2.58. The lowest BCUT2D eigenvalue weighted by atomic mass is 9.46. The molecule has 0 aromatic heterocycles.